The second-order valence-corrected chi connectivity index (χ2v) is 20.6. The smallest absolute Gasteiger partial charge is 0.256 e. The maximum Gasteiger partial charge on any atom is 0.256 e. The van der Waals surface area contributed by atoms with Crippen LogP contribution in [0.1, 0.15) is 38.3 Å². The number of amides is 2. The number of nitrogens with zero attached hydrogens (tertiary/aromatic N) is 8. The molecule has 0 saturated heterocycles. The van der Waals surface area contributed by atoms with Crippen LogP contribution in [0.5, 0.6) is 0 Å². The van der Waals surface area contributed by atoms with Crippen LogP contribution in [0.15, 0.2) is 160 Å². The Morgan fingerprint density at radius 3 is 1.37 bits per heavy atom. The van der Waals surface area contributed by atoms with Gasteiger partial charge in [0.2, 0.25) is 11.1 Å². The van der Waals surface area contributed by atoms with E-state index >= 15 is 8.78 Å². The average Bonchev–Trinajstić information content (AvgIpc) is 3.62. The van der Waals surface area contributed by atoms with Crippen molar-refractivity contribution in [2.75, 3.05) is 56.0 Å². The molecule has 83 heavy (non-hydrogen) atoms. The molecule has 0 aliphatic rings. The first kappa shape index (κ1) is 58.0. The monoisotopic (exact) mass is 1150 g/mol. The van der Waals surface area contributed by atoms with Gasteiger partial charge in [0, 0.05) is 76.4 Å². The predicted octanol–water partition coefficient (Wildman–Crippen LogP) is 11.0. The molecule has 4 heterocycles. The van der Waals surface area contributed by atoms with Crippen molar-refractivity contribution in [3.63, 3.8) is 0 Å². The first-order valence-electron chi connectivity index (χ1n) is 25.5. The Balaban J connectivity index is 0.000000201. The van der Waals surface area contributed by atoms with Crippen LogP contribution in [0, 0.1) is 48.8 Å². The number of nitrogens with one attached hydrogen (secondary N) is 2. The fourth-order valence-corrected chi connectivity index (χ4v) is 9.41. The third kappa shape index (κ3) is 12.6. The van der Waals surface area contributed by atoms with Crippen molar-refractivity contribution in [3.05, 3.63) is 223 Å². The predicted molar refractivity (Wildman–Crippen MR) is 308 cm³/mol. The lowest BCUT2D eigenvalue weighted by Crippen LogP contribution is -2.26. The minimum atomic E-state index is -1.74. The zero-order chi connectivity index (χ0) is 59.4. The third-order valence-electron chi connectivity index (χ3n) is 13.2. The Kier molecular flexibility index (Phi) is 17.2. The highest BCUT2D eigenvalue weighted by atomic mass is 32.2. The molecule has 0 aliphatic carbocycles. The Morgan fingerprint density at radius 1 is 0.530 bits per heavy atom. The van der Waals surface area contributed by atoms with Crippen molar-refractivity contribution in [2.24, 2.45) is 0 Å². The third-order valence-corrected chi connectivity index (χ3v) is 13.9. The zero-order valence-corrected chi connectivity index (χ0v) is 46.1. The van der Waals surface area contributed by atoms with Gasteiger partial charge in [-0.15, -0.1) is 0 Å². The number of carbonyl (C=O) groups is 2. The summed E-state index contributed by atoms with van der Waals surface area (Å²) in [4.78, 5) is 74.3. The number of hydrogen-bond acceptors (Lipinski definition) is 11. The quantitative estimate of drug-likeness (QED) is 0.0782. The van der Waals surface area contributed by atoms with Gasteiger partial charge in [0.15, 0.2) is 11.3 Å². The van der Waals surface area contributed by atoms with Crippen molar-refractivity contribution < 1.29 is 40.1 Å². The fraction of sp³-hybridized carbons (Fsp3) is 0.148. The van der Waals surface area contributed by atoms with Gasteiger partial charge in [0.1, 0.15) is 46.3 Å². The van der Waals surface area contributed by atoms with E-state index in [1.807, 2.05) is 30.8 Å². The van der Waals surface area contributed by atoms with Crippen LogP contribution >= 0.6 is 0 Å². The van der Waals surface area contributed by atoms with Crippen LogP contribution in [0.3, 0.4) is 0 Å². The molecule has 0 aliphatic heterocycles. The van der Waals surface area contributed by atoms with E-state index in [9.17, 15) is 40.9 Å². The van der Waals surface area contributed by atoms with Crippen LogP contribution < -0.4 is 26.7 Å². The zero-order valence-electron chi connectivity index (χ0n) is 45.3. The normalized spacial score (nSPS) is 11.6. The van der Waals surface area contributed by atoms with Gasteiger partial charge in [0.05, 0.1) is 22.2 Å². The van der Waals surface area contributed by atoms with Gasteiger partial charge in [-0.1, -0.05) is 24.3 Å². The van der Waals surface area contributed by atoms with Crippen molar-refractivity contribution in [2.45, 2.75) is 25.4 Å². The van der Waals surface area contributed by atoms with Gasteiger partial charge in [-0.2, -0.15) is 4.98 Å². The molecule has 1 unspecified atom stereocenters. The lowest BCUT2D eigenvalue weighted by molar-refractivity contribution is 0.101. The van der Waals surface area contributed by atoms with E-state index in [2.05, 4.69) is 25.6 Å². The molecule has 15 nitrogen and oxygen atoms in total. The summed E-state index contributed by atoms with van der Waals surface area (Å²) in [7, 11) is 4.00. The van der Waals surface area contributed by atoms with E-state index in [0.717, 1.165) is 58.0 Å². The number of benzene rings is 6. The van der Waals surface area contributed by atoms with E-state index in [1.165, 1.54) is 85.1 Å². The first-order valence-corrected chi connectivity index (χ1v) is 27.0. The van der Waals surface area contributed by atoms with E-state index in [0.29, 0.717) is 51.3 Å². The lowest BCUT2D eigenvalue weighted by Gasteiger charge is -2.21. The fourth-order valence-electron chi connectivity index (χ4n) is 8.98. The summed E-state index contributed by atoms with van der Waals surface area (Å²) in [5, 5.41) is 5.87. The highest BCUT2D eigenvalue weighted by Gasteiger charge is 2.25. The second kappa shape index (κ2) is 24.6. The summed E-state index contributed by atoms with van der Waals surface area (Å²) in [6, 6.07) is 32.4. The molecule has 2 N–H and O–H groups in total. The number of pyridine rings is 2. The minimum Gasteiger partial charge on any atom is -0.344 e. The van der Waals surface area contributed by atoms with Gasteiger partial charge in [-0.05, 0) is 161 Å². The maximum absolute atomic E-state index is 15.1. The number of para-hydroxylation sites is 2. The highest BCUT2D eigenvalue weighted by molar-refractivity contribution is 7.84. The number of halogens is 6. The molecule has 1 atom stereocenters. The largest absolute Gasteiger partial charge is 0.344 e. The van der Waals surface area contributed by atoms with Gasteiger partial charge in [-0.25, -0.2) is 41.3 Å². The van der Waals surface area contributed by atoms with Gasteiger partial charge < -0.3 is 20.4 Å². The summed E-state index contributed by atoms with van der Waals surface area (Å²) in [5.41, 5.74) is 1.64. The standard InChI is InChI=1S/C33H31F3N6O2.C28H19F3N4O3S/c1-20-9-10-21(32(44)37-23-13-11-22(34)12-14-23)19-25(20)29-24-15-16-28(43)42(30-26(35)7-5-8-27(30)36)31(24)39-33(38-29)41(4)18-6-17-40(2)3;1-15-6-7-16(27(37)32-18-10-8-17(29)9-11-18)14-20(15)24-19-12-13-23(36)35(25-21(30)4-3-5-22(25)31)26(19)34-28(33-24)39(2)38/h5,7-16,19H,6,17-18H2,1-4H3,(H,37,44);3-14H,1-2H3,(H,32,37). The van der Waals surface area contributed by atoms with Crippen LogP contribution in [-0.2, 0) is 10.8 Å². The van der Waals surface area contributed by atoms with Crippen LogP contribution in [0.4, 0.5) is 43.7 Å². The molecule has 0 fully saturated rings. The molecule has 0 saturated carbocycles. The number of aromatic nitrogens is 6. The maximum atomic E-state index is 15.1. The molecule has 10 aromatic rings. The molecule has 10 rings (SSSR count). The van der Waals surface area contributed by atoms with E-state index in [1.54, 1.807) is 50.4 Å². The number of carbonyl (C=O) groups excluding carboxylic acids is 2. The topological polar surface area (TPSA) is 177 Å². The number of rotatable bonds is 14. The van der Waals surface area contributed by atoms with Crippen LogP contribution in [0.25, 0.3) is 56.0 Å². The van der Waals surface area contributed by atoms with Crippen molar-refractivity contribution in [3.8, 4) is 33.9 Å². The van der Waals surface area contributed by atoms with Crippen molar-refractivity contribution in [1.29, 1.82) is 0 Å². The number of fused-ring (bicyclic) bond motifs is 2. The molecule has 0 bridgehead atoms. The lowest BCUT2D eigenvalue weighted by atomic mass is 9.99. The molecule has 0 spiro atoms. The summed E-state index contributed by atoms with van der Waals surface area (Å²) in [6.45, 7) is 4.98. The molecule has 0 radical (unpaired) electrons. The summed E-state index contributed by atoms with van der Waals surface area (Å²) in [6.07, 6.45) is 2.11. The summed E-state index contributed by atoms with van der Waals surface area (Å²) >= 11 is 0. The van der Waals surface area contributed by atoms with Crippen LogP contribution in [0.2, 0.25) is 0 Å². The second-order valence-electron chi connectivity index (χ2n) is 19.4. The Hall–Kier alpha value is -9.67. The first-order chi connectivity index (χ1) is 39.7. The van der Waals surface area contributed by atoms with Gasteiger partial charge in [-0.3, -0.25) is 32.5 Å². The molecule has 6 aromatic carbocycles. The highest BCUT2D eigenvalue weighted by Crippen LogP contribution is 2.34. The van der Waals surface area contributed by atoms with Gasteiger partial charge >= 0.3 is 0 Å². The number of anilines is 3. The molecule has 422 valence electrons. The Labute approximate surface area is 473 Å². The molecule has 22 heteroatoms. The molecular weight excluding hydrogens is 1100 g/mol. The Bertz CT molecular complexity index is 4270. The van der Waals surface area contributed by atoms with Crippen LogP contribution in [-0.4, -0.2) is 90.5 Å². The molecular formula is C61H50F6N10O5S. The minimum absolute atomic E-state index is 0.0153. The van der Waals surface area contributed by atoms with Crippen molar-refractivity contribution >= 4 is 62.0 Å². The SMILES string of the molecule is Cc1ccc(C(=O)Nc2ccc(F)cc2)cc1-c1nc(N(C)CCCN(C)C)nc2c1ccc(=O)n2-c1c(F)cccc1F.Cc1ccc(C(=O)Nc2ccc(F)cc2)cc1-c1nc(S(C)=O)nc2c1ccc(=O)n2-c1c(F)cccc1F. The molecule has 2 amide bonds. The van der Waals surface area contributed by atoms with E-state index < -0.39 is 80.0 Å². The number of hydrogen-bond donors (Lipinski definition) is 2. The Morgan fingerprint density at radius 2 is 0.952 bits per heavy atom. The summed E-state index contributed by atoms with van der Waals surface area (Å²) in [5.74, 6) is -5.35. The van der Waals surface area contributed by atoms with E-state index in [4.69, 9.17) is 4.98 Å². The van der Waals surface area contributed by atoms with Crippen molar-refractivity contribution in [1.82, 2.24) is 34.0 Å². The van der Waals surface area contributed by atoms with Gasteiger partial charge in [0.25, 0.3) is 22.9 Å². The molecule has 4 aromatic heterocycles. The summed E-state index contributed by atoms with van der Waals surface area (Å²) < 4.78 is 100. The van der Waals surface area contributed by atoms with E-state index in [-0.39, 0.29) is 39.0 Å². The average molecular weight is 1150 g/mol. The number of aryl methyl sites for hydroxylation is 2.